The van der Waals surface area contributed by atoms with Crippen molar-refractivity contribution in [3.8, 4) is 6.07 Å². The summed E-state index contributed by atoms with van der Waals surface area (Å²) in [6.07, 6.45) is 0. The first-order valence-corrected chi connectivity index (χ1v) is 7.16. The van der Waals surface area contributed by atoms with Gasteiger partial charge >= 0.3 is 0 Å². The average Bonchev–Trinajstić information content (AvgIpc) is 2.53. The van der Waals surface area contributed by atoms with Crippen LogP contribution in [0.2, 0.25) is 0 Å². The van der Waals surface area contributed by atoms with Gasteiger partial charge in [-0.2, -0.15) is 5.26 Å². The number of hydrogen-bond donors (Lipinski definition) is 1. The first-order valence-electron chi connectivity index (χ1n) is 6.17. The smallest absolute Gasteiger partial charge is 0.252 e. The number of nitrogens with one attached hydrogen (secondary N) is 1. The SMILES string of the molecule is CNC(=O)c1ccccc1SCc1ccc(C#N)cc1. The van der Waals surface area contributed by atoms with E-state index in [0.717, 1.165) is 16.2 Å². The molecule has 1 N–H and O–H groups in total. The number of nitrogens with zero attached hydrogens (tertiary/aromatic N) is 1. The monoisotopic (exact) mass is 282 g/mol. The molecule has 4 heteroatoms. The van der Waals surface area contributed by atoms with E-state index >= 15 is 0 Å². The molecule has 0 bridgehead atoms. The molecule has 3 nitrogen and oxygen atoms in total. The summed E-state index contributed by atoms with van der Waals surface area (Å²) < 4.78 is 0. The summed E-state index contributed by atoms with van der Waals surface area (Å²) in [6, 6.07) is 17.1. The summed E-state index contributed by atoms with van der Waals surface area (Å²) in [5.41, 5.74) is 2.47. The molecule has 0 aromatic heterocycles. The molecule has 1 amide bonds. The molecule has 0 radical (unpaired) electrons. The van der Waals surface area contributed by atoms with Gasteiger partial charge in [-0.25, -0.2) is 0 Å². The van der Waals surface area contributed by atoms with Crippen LogP contribution in [0.5, 0.6) is 0 Å². The van der Waals surface area contributed by atoms with Crippen LogP contribution < -0.4 is 5.32 Å². The number of amides is 1. The molecule has 0 spiro atoms. The van der Waals surface area contributed by atoms with E-state index in [1.807, 2.05) is 36.4 Å². The molecule has 0 fully saturated rings. The van der Waals surface area contributed by atoms with Crippen LogP contribution in [-0.2, 0) is 5.75 Å². The topological polar surface area (TPSA) is 52.9 Å². The van der Waals surface area contributed by atoms with Crippen LogP contribution in [0.15, 0.2) is 53.4 Å². The minimum Gasteiger partial charge on any atom is -0.355 e. The van der Waals surface area contributed by atoms with Crippen LogP contribution in [0, 0.1) is 11.3 Å². The Kier molecular flexibility index (Phi) is 4.80. The Labute approximate surface area is 122 Å². The zero-order chi connectivity index (χ0) is 14.4. The molecular formula is C16H14N2OS. The molecule has 2 aromatic carbocycles. The lowest BCUT2D eigenvalue weighted by Crippen LogP contribution is -2.18. The van der Waals surface area contributed by atoms with Gasteiger partial charge in [0.2, 0.25) is 0 Å². The minimum atomic E-state index is -0.0760. The highest BCUT2D eigenvalue weighted by Gasteiger charge is 2.09. The summed E-state index contributed by atoms with van der Waals surface area (Å²) in [4.78, 5) is 12.7. The first-order chi connectivity index (χ1) is 9.74. The van der Waals surface area contributed by atoms with Crippen LogP contribution in [0.25, 0.3) is 0 Å². The van der Waals surface area contributed by atoms with Crippen molar-refractivity contribution in [2.75, 3.05) is 7.05 Å². The predicted molar refractivity (Wildman–Crippen MR) is 80.6 cm³/mol. The molecule has 0 atom stereocenters. The molecule has 20 heavy (non-hydrogen) atoms. The third-order valence-electron chi connectivity index (χ3n) is 2.84. The molecule has 0 saturated carbocycles. The molecule has 0 aliphatic carbocycles. The fraction of sp³-hybridized carbons (Fsp3) is 0.125. The highest BCUT2D eigenvalue weighted by Crippen LogP contribution is 2.26. The van der Waals surface area contributed by atoms with Crippen LogP contribution in [-0.4, -0.2) is 13.0 Å². The lowest BCUT2D eigenvalue weighted by atomic mass is 10.2. The van der Waals surface area contributed by atoms with E-state index in [1.54, 1.807) is 30.9 Å². The molecule has 0 aliphatic rings. The van der Waals surface area contributed by atoms with Gasteiger partial charge in [-0.3, -0.25) is 4.79 Å². The van der Waals surface area contributed by atoms with Crippen LogP contribution in [0.3, 0.4) is 0 Å². The van der Waals surface area contributed by atoms with E-state index in [9.17, 15) is 4.79 Å². The van der Waals surface area contributed by atoms with Gasteiger partial charge in [-0.15, -0.1) is 11.8 Å². The zero-order valence-electron chi connectivity index (χ0n) is 11.1. The van der Waals surface area contributed by atoms with Crippen molar-refractivity contribution in [1.82, 2.24) is 5.32 Å². The molecule has 100 valence electrons. The van der Waals surface area contributed by atoms with Gasteiger partial charge in [0.25, 0.3) is 5.91 Å². The third kappa shape index (κ3) is 3.40. The number of benzene rings is 2. The highest BCUT2D eigenvalue weighted by atomic mass is 32.2. The minimum absolute atomic E-state index is 0.0760. The van der Waals surface area contributed by atoms with Gasteiger partial charge in [0, 0.05) is 17.7 Å². The summed E-state index contributed by atoms with van der Waals surface area (Å²) in [5, 5.41) is 11.4. The molecule has 2 rings (SSSR count). The molecular weight excluding hydrogens is 268 g/mol. The van der Waals surface area contributed by atoms with Crippen LogP contribution in [0.1, 0.15) is 21.5 Å². The summed E-state index contributed by atoms with van der Waals surface area (Å²) in [7, 11) is 1.63. The molecule has 0 aliphatic heterocycles. The van der Waals surface area contributed by atoms with Crippen molar-refractivity contribution >= 4 is 17.7 Å². The lowest BCUT2D eigenvalue weighted by Gasteiger charge is -2.08. The Morgan fingerprint density at radius 1 is 1.20 bits per heavy atom. The Morgan fingerprint density at radius 2 is 1.90 bits per heavy atom. The van der Waals surface area contributed by atoms with E-state index in [4.69, 9.17) is 5.26 Å². The van der Waals surface area contributed by atoms with Gasteiger partial charge < -0.3 is 5.32 Å². The van der Waals surface area contributed by atoms with Crippen molar-refractivity contribution < 1.29 is 4.79 Å². The zero-order valence-corrected chi connectivity index (χ0v) is 11.9. The van der Waals surface area contributed by atoms with Gasteiger partial charge in [-0.05, 0) is 29.8 Å². The van der Waals surface area contributed by atoms with Crippen molar-refractivity contribution in [3.63, 3.8) is 0 Å². The number of nitriles is 1. The Hall–Kier alpha value is -2.25. The number of hydrogen-bond acceptors (Lipinski definition) is 3. The van der Waals surface area contributed by atoms with Crippen molar-refractivity contribution in [2.45, 2.75) is 10.6 Å². The molecule has 0 saturated heterocycles. The van der Waals surface area contributed by atoms with E-state index in [2.05, 4.69) is 11.4 Å². The maximum Gasteiger partial charge on any atom is 0.252 e. The highest BCUT2D eigenvalue weighted by molar-refractivity contribution is 7.98. The fourth-order valence-electron chi connectivity index (χ4n) is 1.75. The molecule has 0 heterocycles. The standard InChI is InChI=1S/C16H14N2OS/c1-18-16(19)14-4-2-3-5-15(14)20-11-13-8-6-12(10-17)7-9-13/h2-9H,11H2,1H3,(H,18,19). The maximum atomic E-state index is 11.8. The van der Waals surface area contributed by atoms with Crippen molar-refractivity contribution in [2.24, 2.45) is 0 Å². The number of carbonyl (C=O) groups is 1. The van der Waals surface area contributed by atoms with E-state index in [1.165, 1.54) is 0 Å². The van der Waals surface area contributed by atoms with Crippen molar-refractivity contribution in [3.05, 3.63) is 65.2 Å². The second-order valence-electron chi connectivity index (χ2n) is 4.17. The van der Waals surface area contributed by atoms with Gasteiger partial charge in [0.05, 0.1) is 17.2 Å². The maximum absolute atomic E-state index is 11.8. The van der Waals surface area contributed by atoms with E-state index < -0.39 is 0 Å². The normalized spacial score (nSPS) is 9.80. The lowest BCUT2D eigenvalue weighted by molar-refractivity contribution is 0.0960. The molecule has 0 unspecified atom stereocenters. The third-order valence-corrected chi connectivity index (χ3v) is 3.98. The Balaban J connectivity index is 2.10. The van der Waals surface area contributed by atoms with Crippen LogP contribution >= 0.6 is 11.8 Å². The average molecular weight is 282 g/mol. The summed E-state index contributed by atoms with van der Waals surface area (Å²) >= 11 is 1.61. The fourth-order valence-corrected chi connectivity index (χ4v) is 2.76. The summed E-state index contributed by atoms with van der Waals surface area (Å²) in [6.45, 7) is 0. The van der Waals surface area contributed by atoms with Crippen molar-refractivity contribution in [1.29, 1.82) is 5.26 Å². The quantitative estimate of drug-likeness (QED) is 0.876. The van der Waals surface area contributed by atoms with Gasteiger partial charge in [0.15, 0.2) is 0 Å². The van der Waals surface area contributed by atoms with Gasteiger partial charge in [-0.1, -0.05) is 24.3 Å². The van der Waals surface area contributed by atoms with Gasteiger partial charge in [0.1, 0.15) is 0 Å². The second kappa shape index (κ2) is 6.78. The Bertz CT molecular complexity index is 644. The van der Waals surface area contributed by atoms with E-state index in [0.29, 0.717) is 11.1 Å². The second-order valence-corrected chi connectivity index (χ2v) is 5.19. The number of thioether (sulfide) groups is 1. The Morgan fingerprint density at radius 3 is 2.55 bits per heavy atom. The molecule has 2 aromatic rings. The predicted octanol–water partition coefficient (Wildman–Crippen LogP) is 3.21. The van der Waals surface area contributed by atoms with Crippen LogP contribution in [0.4, 0.5) is 0 Å². The summed E-state index contributed by atoms with van der Waals surface area (Å²) in [5.74, 6) is 0.688. The van der Waals surface area contributed by atoms with E-state index in [-0.39, 0.29) is 5.91 Å². The largest absolute Gasteiger partial charge is 0.355 e. The number of rotatable bonds is 4. The number of carbonyl (C=O) groups excluding carboxylic acids is 1. The first kappa shape index (κ1) is 14.2.